The molecule has 2 N–H and O–H groups in total. The number of hydrogen-bond donors (Lipinski definition) is 2. The van der Waals surface area contributed by atoms with Crippen LogP contribution in [-0.2, 0) is 9.36 Å². The molecule has 2 atom stereocenters. The minimum atomic E-state index is -3.76. The Morgan fingerprint density at radius 2 is 1.85 bits per heavy atom. The Morgan fingerprint density at radius 1 is 1.19 bits per heavy atom. The van der Waals surface area contributed by atoms with Crippen LogP contribution in [0, 0.1) is 0 Å². The summed E-state index contributed by atoms with van der Waals surface area (Å²) in [5.41, 5.74) is 0.163. The molecule has 0 fully saturated rings. The lowest BCUT2D eigenvalue weighted by Gasteiger charge is -2.18. The number of benzene rings is 2. The van der Waals surface area contributed by atoms with Crippen molar-refractivity contribution in [3.8, 4) is 0 Å². The van der Waals surface area contributed by atoms with E-state index in [4.69, 9.17) is 23.2 Å². The molecule has 0 radical (unpaired) electrons. The fourth-order valence-corrected chi connectivity index (χ4v) is 5.33. The lowest BCUT2D eigenvalue weighted by molar-refractivity contribution is -0.120. The second kappa shape index (κ2) is 8.17. The average molecular weight is 440 g/mol. The summed E-state index contributed by atoms with van der Waals surface area (Å²) in [5.74, 6) is -0.548. The maximum atomic E-state index is 12.7. The minimum Gasteiger partial charge on any atom is -0.344 e. The molecule has 3 rings (SSSR count). The third kappa shape index (κ3) is 4.81. The summed E-state index contributed by atoms with van der Waals surface area (Å²) in [5, 5.41) is 6.18. The lowest BCUT2D eigenvalue weighted by atomic mass is 10.1. The van der Waals surface area contributed by atoms with Gasteiger partial charge in [0, 0.05) is 27.6 Å². The molecule has 8 heteroatoms. The summed E-state index contributed by atoms with van der Waals surface area (Å²) < 4.78 is 13.4. The SMILES string of the molecule is CP(=O)(O)C(C(=O)NC=Cc1ccc(Cl)cc1)c1csc2ccc(Cl)cc12. The quantitative estimate of drug-likeness (QED) is 0.483. The van der Waals surface area contributed by atoms with Crippen molar-refractivity contribution < 1.29 is 14.3 Å². The van der Waals surface area contributed by atoms with Gasteiger partial charge in [0.1, 0.15) is 5.66 Å². The van der Waals surface area contributed by atoms with E-state index in [1.54, 1.807) is 47.9 Å². The van der Waals surface area contributed by atoms with Gasteiger partial charge in [-0.15, -0.1) is 11.3 Å². The van der Waals surface area contributed by atoms with Gasteiger partial charge in [0.15, 0.2) is 0 Å². The molecule has 3 aromatic rings. The predicted molar refractivity (Wildman–Crippen MR) is 114 cm³/mol. The monoisotopic (exact) mass is 439 g/mol. The first-order chi connectivity index (χ1) is 12.8. The second-order valence-electron chi connectivity index (χ2n) is 6.07. The van der Waals surface area contributed by atoms with E-state index in [1.807, 2.05) is 6.07 Å². The van der Waals surface area contributed by atoms with Gasteiger partial charge in [-0.05, 0) is 58.3 Å². The third-order valence-electron chi connectivity index (χ3n) is 3.96. The topological polar surface area (TPSA) is 66.4 Å². The molecule has 140 valence electrons. The zero-order valence-electron chi connectivity index (χ0n) is 14.2. The zero-order valence-corrected chi connectivity index (χ0v) is 17.4. The molecule has 0 bridgehead atoms. The Labute approximate surface area is 170 Å². The van der Waals surface area contributed by atoms with E-state index in [0.717, 1.165) is 10.3 Å². The molecule has 27 heavy (non-hydrogen) atoms. The van der Waals surface area contributed by atoms with Crippen molar-refractivity contribution in [1.29, 1.82) is 0 Å². The van der Waals surface area contributed by atoms with E-state index >= 15 is 0 Å². The normalized spacial score (nSPS) is 15.0. The number of carbonyl (C=O) groups excluding carboxylic acids is 1. The van der Waals surface area contributed by atoms with E-state index in [1.165, 1.54) is 24.2 Å². The van der Waals surface area contributed by atoms with Gasteiger partial charge in [0.2, 0.25) is 13.3 Å². The second-order valence-corrected chi connectivity index (χ2v) is 10.3. The summed E-state index contributed by atoms with van der Waals surface area (Å²) in [6.07, 6.45) is 3.14. The van der Waals surface area contributed by atoms with E-state index in [-0.39, 0.29) is 0 Å². The van der Waals surface area contributed by atoms with Crippen LogP contribution in [0.3, 0.4) is 0 Å². The molecule has 1 aromatic heterocycles. The Balaban J connectivity index is 1.88. The van der Waals surface area contributed by atoms with Gasteiger partial charge in [-0.3, -0.25) is 9.36 Å². The largest absolute Gasteiger partial charge is 0.344 e. The molecule has 0 aliphatic rings. The summed E-state index contributed by atoms with van der Waals surface area (Å²) in [7, 11) is -3.76. The molecule has 2 aromatic carbocycles. The van der Waals surface area contributed by atoms with E-state index in [9.17, 15) is 14.3 Å². The molecule has 0 aliphatic heterocycles. The molecular formula is C19H16Cl2NO3PS. The van der Waals surface area contributed by atoms with Crippen LogP contribution < -0.4 is 5.32 Å². The number of carbonyl (C=O) groups is 1. The Kier molecular flexibility index (Phi) is 6.09. The van der Waals surface area contributed by atoms with Crippen molar-refractivity contribution in [2.45, 2.75) is 5.66 Å². The number of nitrogens with one attached hydrogen (secondary N) is 1. The smallest absolute Gasteiger partial charge is 0.241 e. The highest BCUT2D eigenvalue weighted by Crippen LogP contribution is 2.54. The van der Waals surface area contributed by atoms with E-state index in [2.05, 4.69) is 5.32 Å². The van der Waals surface area contributed by atoms with Crippen molar-refractivity contribution in [3.05, 3.63) is 75.2 Å². The van der Waals surface area contributed by atoms with Crippen molar-refractivity contribution in [2.24, 2.45) is 0 Å². The van der Waals surface area contributed by atoms with Crippen LogP contribution in [0.2, 0.25) is 10.0 Å². The van der Waals surface area contributed by atoms with Crippen LogP contribution >= 0.6 is 41.9 Å². The number of fused-ring (bicyclic) bond motifs is 1. The summed E-state index contributed by atoms with van der Waals surface area (Å²) in [6, 6.07) is 12.4. The van der Waals surface area contributed by atoms with Crippen molar-refractivity contribution in [3.63, 3.8) is 0 Å². The van der Waals surface area contributed by atoms with Crippen molar-refractivity contribution in [1.82, 2.24) is 5.32 Å². The highest BCUT2D eigenvalue weighted by Gasteiger charge is 2.36. The van der Waals surface area contributed by atoms with E-state index in [0.29, 0.717) is 21.0 Å². The molecule has 0 saturated heterocycles. The summed E-state index contributed by atoms with van der Waals surface area (Å²) >= 11 is 13.3. The molecule has 0 spiro atoms. The maximum absolute atomic E-state index is 12.7. The molecule has 0 aliphatic carbocycles. The van der Waals surface area contributed by atoms with Gasteiger partial charge in [0.25, 0.3) is 0 Å². The molecule has 1 amide bonds. The number of amides is 1. The van der Waals surface area contributed by atoms with E-state index < -0.39 is 18.9 Å². The first-order valence-corrected chi connectivity index (χ1v) is 11.8. The summed E-state index contributed by atoms with van der Waals surface area (Å²) in [4.78, 5) is 22.9. The molecule has 2 unspecified atom stereocenters. The number of halogens is 2. The number of hydrogen-bond acceptors (Lipinski definition) is 3. The zero-order chi connectivity index (χ0) is 19.6. The van der Waals surface area contributed by atoms with Crippen LogP contribution in [0.1, 0.15) is 16.8 Å². The minimum absolute atomic E-state index is 0.503. The van der Waals surface area contributed by atoms with Gasteiger partial charge >= 0.3 is 0 Å². The first-order valence-electron chi connectivity index (χ1n) is 7.95. The van der Waals surface area contributed by atoms with Gasteiger partial charge in [-0.25, -0.2) is 0 Å². The van der Waals surface area contributed by atoms with Crippen LogP contribution in [0.25, 0.3) is 16.2 Å². The van der Waals surface area contributed by atoms with Crippen LogP contribution in [-0.4, -0.2) is 17.5 Å². The molecular weight excluding hydrogens is 424 g/mol. The van der Waals surface area contributed by atoms with Gasteiger partial charge in [0.05, 0.1) is 0 Å². The summed E-state index contributed by atoms with van der Waals surface area (Å²) in [6.45, 7) is 1.19. The van der Waals surface area contributed by atoms with Gasteiger partial charge in [-0.2, -0.15) is 0 Å². The lowest BCUT2D eigenvalue weighted by Crippen LogP contribution is -2.25. The third-order valence-corrected chi connectivity index (χ3v) is 6.90. The fourth-order valence-electron chi connectivity index (χ4n) is 2.72. The van der Waals surface area contributed by atoms with Crippen molar-refractivity contribution >= 4 is 64.0 Å². The van der Waals surface area contributed by atoms with Gasteiger partial charge < -0.3 is 10.2 Å². The number of rotatable bonds is 5. The van der Waals surface area contributed by atoms with Crippen molar-refractivity contribution in [2.75, 3.05) is 6.66 Å². The van der Waals surface area contributed by atoms with Crippen LogP contribution in [0.4, 0.5) is 0 Å². The van der Waals surface area contributed by atoms with Crippen LogP contribution in [0.15, 0.2) is 54.0 Å². The predicted octanol–water partition coefficient (Wildman–Crippen LogP) is 5.94. The Morgan fingerprint density at radius 3 is 2.52 bits per heavy atom. The molecule has 4 nitrogen and oxygen atoms in total. The maximum Gasteiger partial charge on any atom is 0.241 e. The average Bonchev–Trinajstić information content (AvgIpc) is 2.98. The molecule has 1 heterocycles. The highest BCUT2D eigenvalue weighted by molar-refractivity contribution is 7.58. The molecule has 0 saturated carbocycles. The van der Waals surface area contributed by atoms with Gasteiger partial charge in [-0.1, -0.05) is 35.3 Å². The first kappa shape index (κ1) is 20.1. The number of thiophene rings is 1. The Bertz CT molecular complexity index is 1060. The van der Waals surface area contributed by atoms with Crippen LogP contribution in [0.5, 0.6) is 0 Å². The highest BCUT2D eigenvalue weighted by atomic mass is 35.5. The fraction of sp³-hybridized carbons (Fsp3) is 0.105. The standard InChI is InChI=1S/C19H16Cl2NO3PS/c1-26(24,25)18(16-11-27-17-7-6-14(21)10-15(16)17)19(23)22-9-8-12-2-4-13(20)5-3-12/h2-11,18H,1H3,(H,22,23)(H,24,25). The Hall–Kier alpha value is -1.62.